The zero-order valence-electron chi connectivity index (χ0n) is 9.22. The summed E-state index contributed by atoms with van der Waals surface area (Å²) < 4.78 is 0. The Bertz CT molecular complexity index is 88.0. The van der Waals surface area contributed by atoms with Crippen molar-refractivity contribution in [2.75, 3.05) is 27.2 Å². The summed E-state index contributed by atoms with van der Waals surface area (Å²) in [4.78, 5) is 2.23. The van der Waals surface area contributed by atoms with E-state index in [1.165, 1.54) is 13.0 Å². The van der Waals surface area contributed by atoms with Crippen LogP contribution in [0.2, 0.25) is 0 Å². The van der Waals surface area contributed by atoms with E-state index in [1.807, 2.05) is 0 Å². The normalized spacial score (nSPS) is 14.2. The molecule has 0 aromatic rings. The molecule has 0 amide bonds. The molecule has 0 radical (unpaired) electrons. The van der Waals surface area contributed by atoms with E-state index in [0.29, 0.717) is 6.04 Å². The van der Waals surface area contributed by atoms with Crippen molar-refractivity contribution in [2.24, 2.45) is 5.92 Å². The number of nitrogens with zero attached hydrogens (tertiary/aromatic N) is 1. The number of hydrogen-bond donors (Lipinski definition) is 1. The molecule has 2 heteroatoms. The minimum Gasteiger partial charge on any atom is -0.314 e. The van der Waals surface area contributed by atoms with Gasteiger partial charge in [0.25, 0.3) is 0 Å². The highest BCUT2D eigenvalue weighted by Gasteiger charge is 2.02. The first-order valence-electron chi connectivity index (χ1n) is 4.90. The molecule has 0 bridgehead atoms. The SMILES string of the molecule is CC(C)CNC(C)CCN(C)C. The number of nitrogens with one attached hydrogen (secondary N) is 1. The summed E-state index contributed by atoms with van der Waals surface area (Å²) in [7, 11) is 4.24. The monoisotopic (exact) mass is 172 g/mol. The second-order valence-electron chi connectivity index (χ2n) is 4.30. The summed E-state index contributed by atoms with van der Waals surface area (Å²) in [6.45, 7) is 9.05. The van der Waals surface area contributed by atoms with Crippen LogP contribution in [0.15, 0.2) is 0 Å². The lowest BCUT2D eigenvalue weighted by Gasteiger charge is -2.17. The highest BCUT2D eigenvalue weighted by Crippen LogP contribution is 1.94. The van der Waals surface area contributed by atoms with Crippen molar-refractivity contribution in [1.29, 1.82) is 0 Å². The highest BCUT2D eigenvalue weighted by molar-refractivity contribution is 4.63. The molecular formula is C10H24N2. The fourth-order valence-electron chi connectivity index (χ4n) is 0.991. The van der Waals surface area contributed by atoms with E-state index in [0.717, 1.165) is 12.5 Å². The third kappa shape index (κ3) is 8.02. The molecule has 0 aromatic carbocycles. The molecule has 1 atom stereocenters. The quantitative estimate of drug-likeness (QED) is 0.654. The van der Waals surface area contributed by atoms with Crippen molar-refractivity contribution in [1.82, 2.24) is 10.2 Å². The van der Waals surface area contributed by atoms with Crippen molar-refractivity contribution >= 4 is 0 Å². The maximum Gasteiger partial charge on any atom is 0.00510 e. The van der Waals surface area contributed by atoms with Crippen LogP contribution in [0.4, 0.5) is 0 Å². The van der Waals surface area contributed by atoms with Gasteiger partial charge in [0.1, 0.15) is 0 Å². The average Bonchev–Trinajstić information content (AvgIpc) is 1.96. The first-order chi connectivity index (χ1) is 5.52. The molecule has 0 aliphatic carbocycles. The zero-order chi connectivity index (χ0) is 9.56. The van der Waals surface area contributed by atoms with E-state index in [9.17, 15) is 0 Å². The van der Waals surface area contributed by atoms with E-state index >= 15 is 0 Å². The summed E-state index contributed by atoms with van der Waals surface area (Å²) >= 11 is 0. The van der Waals surface area contributed by atoms with Gasteiger partial charge in [0, 0.05) is 6.04 Å². The Balaban J connectivity index is 3.27. The zero-order valence-corrected chi connectivity index (χ0v) is 9.22. The van der Waals surface area contributed by atoms with E-state index in [4.69, 9.17) is 0 Å². The topological polar surface area (TPSA) is 15.3 Å². The second kappa shape index (κ2) is 6.44. The molecule has 1 N–H and O–H groups in total. The van der Waals surface area contributed by atoms with Gasteiger partial charge in [-0.05, 0) is 46.4 Å². The molecular weight excluding hydrogens is 148 g/mol. The Morgan fingerprint density at radius 3 is 2.17 bits per heavy atom. The summed E-state index contributed by atoms with van der Waals surface area (Å²) in [6, 6.07) is 0.648. The Labute approximate surface area is 77.3 Å². The van der Waals surface area contributed by atoms with Gasteiger partial charge >= 0.3 is 0 Å². The molecule has 0 aliphatic heterocycles. The van der Waals surface area contributed by atoms with Crippen LogP contribution < -0.4 is 5.32 Å². The molecule has 2 nitrogen and oxygen atoms in total. The number of rotatable bonds is 6. The van der Waals surface area contributed by atoms with Crippen molar-refractivity contribution in [2.45, 2.75) is 33.2 Å². The molecule has 0 spiro atoms. The van der Waals surface area contributed by atoms with Crippen LogP contribution in [0.1, 0.15) is 27.2 Å². The van der Waals surface area contributed by atoms with Gasteiger partial charge in [-0.15, -0.1) is 0 Å². The first kappa shape index (κ1) is 11.9. The van der Waals surface area contributed by atoms with Gasteiger partial charge in [-0.3, -0.25) is 0 Å². The van der Waals surface area contributed by atoms with Crippen LogP contribution in [0, 0.1) is 5.92 Å². The fourth-order valence-corrected chi connectivity index (χ4v) is 0.991. The molecule has 74 valence electrons. The van der Waals surface area contributed by atoms with Crippen molar-refractivity contribution < 1.29 is 0 Å². The smallest absolute Gasteiger partial charge is 0.00510 e. The maximum absolute atomic E-state index is 3.51. The summed E-state index contributed by atoms with van der Waals surface area (Å²) in [5, 5.41) is 3.51. The molecule has 0 aliphatic rings. The fraction of sp³-hybridized carbons (Fsp3) is 1.00. The Kier molecular flexibility index (Phi) is 6.39. The van der Waals surface area contributed by atoms with Crippen LogP contribution in [-0.4, -0.2) is 38.1 Å². The van der Waals surface area contributed by atoms with Crippen molar-refractivity contribution in [3.63, 3.8) is 0 Å². The van der Waals surface area contributed by atoms with Crippen LogP contribution in [-0.2, 0) is 0 Å². The largest absolute Gasteiger partial charge is 0.314 e. The summed E-state index contributed by atoms with van der Waals surface area (Å²) in [5.74, 6) is 0.756. The number of hydrogen-bond acceptors (Lipinski definition) is 2. The van der Waals surface area contributed by atoms with Gasteiger partial charge in [0.05, 0.1) is 0 Å². The van der Waals surface area contributed by atoms with Crippen LogP contribution in [0.5, 0.6) is 0 Å². The molecule has 0 heterocycles. The van der Waals surface area contributed by atoms with Crippen LogP contribution in [0.25, 0.3) is 0 Å². The molecule has 1 unspecified atom stereocenters. The van der Waals surface area contributed by atoms with Gasteiger partial charge in [0.15, 0.2) is 0 Å². The van der Waals surface area contributed by atoms with Gasteiger partial charge < -0.3 is 10.2 Å². The van der Waals surface area contributed by atoms with Crippen LogP contribution in [0.3, 0.4) is 0 Å². The lowest BCUT2D eigenvalue weighted by Crippen LogP contribution is -2.32. The van der Waals surface area contributed by atoms with Crippen molar-refractivity contribution in [3.8, 4) is 0 Å². The molecule has 0 aromatic heterocycles. The molecule has 12 heavy (non-hydrogen) atoms. The van der Waals surface area contributed by atoms with E-state index in [1.54, 1.807) is 0 Å². The maximum atomic E-state index is 3.51. The third-order valence-electron chi connectivity index (χ3n) is 1.88. The van der Waals surface area contributed by atoms with Gasteiger partial charge in [-0.2, -0.15) is 0 Å². The Hall–Kier alpha value is -0.0800. The van der Waals surface area contributed by atoms with Crippen LogP contribution >= 0.6 is 0 Å². The molecule has 0 saturated heterocycles. The van der Waals surface area contributed by atoms with E-state index in [2.05, 4.69) is 45.1 Å². The third-order valence-corrected chi connectivity index (χ3v) is 1.88. The van der Waals surface area contributed by atoms with E-state index < -0.39 is 0 Å². The van der Waals surface area contributed by atoms with Crippen molar-refractivity contribution in [3.05, 3.63) is 0 Å². The highest BCUT2D eigenvalue weighted by atomic mass is 15.1. The first-order valence-corrected chi connectivity index (χ1v) is 4.90. The summed E-state index contributed by atoms with van der Waals surface area (Å²) in [6.07, 6.45) is 1.24. The lowest BCUT2D eigenvalue weighted by atomic mass is 10.2. The Morgan fingerprint density at radius 2 is 1.75 bits per heavy atom. The van der Waals surface area contributed by atoms with E-state index in [-0.39, 0.29) is 0 Å². The molecule has 0 rings (SSSR count). The predicted molar refractivity (Wildman–Crippen MR) is 55.5 cm³/mol. The molecule has 0 saturated carbocycles. The Morgan fingerprint density at radius 1 is 1.17 bits per heavy atom. The lowest BCUT2D eigenvalue weighted by molar-refractivity contribution is 0.360. The predicted octanol–water partition coefficient (Wildman–Crippen LogP) is 1.57. The molecule has 0 fully saturated rings. The average molecular weight is 172 g/mol. The van der Waals surface area contributed by atoms with Gasteiger partial charge in [-0.25, -0.2) is 0 Å². The van der Waals surface area contributed by atoms with Gasteiger partial charge in [0.2, 0.25) is 0 Å². The summed E-state index contributed by atoms with van der Waals surface area (Å²) in [5.41, 5.74) is 0. The van der Waals surface area contributed by atoms with Gasteiger partial charge in [-0.1, -0.05) is 13.8 Å². The standard InChI is InChI=1S/C10H24N2/c1-9(2)8-11-10(3)6-7-12(4)5/h9-11H,6-8H2,1-5H3. The minimum absolute atomic E-state index is 0.648. The minimum atomic E-state index is 0.648. The second-order valence-corrected chi connectivity index (χ2v) is 4.30.